The SMILES string of the molecule is Cc1ccc(-n2cc(CN(Cc3cn(-c4ccc(C)c(C)c4)nn3)c3nc4ccccc4s3)nn2)cc1C. The van der Waals surface area contributed by atoms with E-state index in [4.69, 9.17) is 4.98 Å². The monoisotopic (exact) mass is 520 g/mol. The van der Waals surface area contributed by atoms with E-state index < -0.39 is 0 Å². The Morgan fingerprint density at radius 2 is 1.24 bits per heavy atom. The van der Waals surface area contributed by atoms with E-state index in [1.807, 2.05) is 40.0 Å². The maximum Gasteiger partial charge on any atom is 0.187 e. The van der Waals surface area contributed by atoms with Crippen molar-refractivity contribution in [3.05, 3.63) is 107 Å². The molecule has 0 N–H and O–H groups in total. The predicted octanol–water partition coefficient (Wildman–Crippen LogP) is 5.90. The molecule has 0 saturated heterocycles. The van der Waals surface area contributed by atoms with Crippen molar-refractivity contribution in [1.29, 1.82) is 0 Å². The first kappa shape index (κ1) is 24.0. The number of aryl methyl sites for hydroxylation is 4. The average Bonchev–Trinajstić information content (AvgIpc) is 3.67. The van der Waals surface area contributed by atoms with Gasteiger partial charge >= 0.3 is 0 Å². The van der Waals surface area contributed by atoms with Crippen LogP contribution in [-0.4, -0.2) is 35.0 Å². The summed E-state index contributed by atoms with van der Waals surface area (Å²) in [6, 6.07) is 20.8. The Labute approximate surface area is 225 Å². The highest BCUT2D eigenvalue weighted by Crippen LogP contribution is 2.30. The number of rotatable bonds is 7. The van der Waals surface area contributed by atoms with Gasteiger partial charge in [-0.25, -0.2) is 14.3 Å². The molecular formula is C29H28N8S. The van der Waals surface area contributed by atoms with Gasteiger partial charge in [-0.15, -0.1) is 10.2 Å². The molecule has 0 unspecified atom stereocenters. The lowest BCUT2D eigenvalue weighted by atomic mass is 10.1. The van der Waals surface area contributed by atoms with Gasteiger partial charge in [0.05, 0.1) is 47.1 Å². The second-order valence-corrected chi connectivity index (χ2v) is 10.7. The highest BCUT2D eigenvalue weighted by molar-refractivity contribution is 7.22. The third kappa shape index (κ3) is 4.80. The lowest BCUT2D eigenvalue weighted by Gasteiger charge is -2.19. The first-order valence-corrected chi connectivity index (χ1v) is 13.3. The summed E-state index contributed by atoms with van der Waals surface area (Å²) in [6.45, 7) is 9.52. The number of hydrogen-bond acceptors (Lipinski definition) is 7. The topological polar surface area (TPSA) is 77.5 Å². The fourth-order valence-corrected chi connectivity index (χ4v) is 5.27. The van der Waals surface area contributed by atoms with Crippen LogP contribution in [0.25, 0.3) is 21.6 Å². The van der Waals surface area contributed by atoms with Crippen molar-refractivity contribution in [2.24, 2.45) is 0 Å². The molecular weight excluding hydrogens is 492 g/mol. The first-order chi connectivity index (χ1) is 18.4. The van der Waals surface area contributed by atoms with E-state index in [0.29, 0.717) is 13.1 Å². The minimum atomic E-state index is 0.543. The molecule has 0 bridgehead atoms. The van der Waals surface area contributed by atoms with Crippen molar-refractivity contribution >= 4 is 26.7 Å². The van der Waals surface area contributed by atoms with Crippen molar-refractivity contribution in [3.63, 3.8) is 0 Å². The van der Waals surface area contributed by atoms with Crippen LogP contribution in [0.4, 0.5) is 5.13 Å². The molecule has 38 heavy (non-hydrogen) atoms. The van der Waals surface area contributed by atoms with Crippen molar-refractivity contribution in [1.82, 2.24) is 35.0 Å². The Bertz CT molecular complexity index is 1620. The Morgan fingerprint density at radius 3 is 1.76 bits per heavy atom. The third-order valence-corrected chi connectivity index (χ3v) is 7.95. The molecule has 6 rings (SSSR count). The molecule has 0 fully saturated rings. The molecule has 6 aromatic rings. The minimum Gasteiger partial charge on any atom is -0.336 e. The van der Waals surface area contributed by atoms with Crippen LogP contribution in [0.5, 0.6) is 0 Å². The number of thiazole rings is 1. The summed E-state index contributed by atoms with van der Waals surface area (Å²) in [7, 11) is 0. The number of aromatic nitrogens is 7. The van der Waals surface area contributed by atoms with Crippen molar-refractivity contribution in [2.45, 2.75) is 40.8 Å². The molecule has 190 valence electrons. The van der Waals surface area contributed by atoms with E-state index in [9.17, 15) is 0 Å². The summed E-state index contributed by atoms with van der Waals surface area (Å²) in [6.07, 6.45) is 3.96. The Balaban J connectivity index is 1.30. The van der Waals surface area contributed by atoms with Crippen LogP contribution in [0.2, 0.25) is 0 Å². The van der Waals surface area contributed by atoms with Gasteiger partial charge in [0.25, 0.3) is 0 Å². The van der Waals surface area contributed by atoms with Gasteiger partial charge in [0, 0.05) is 0 Å². The lowest BCUT2D eigenvalue weighted by molar-refractivity contribution is 0.744. The number of fused-ring (bicyclic) bond motifs is 1. The van der Waals surface area contributed by atoms with Gasteiger partial charge in [0.15, 0.2) is 5.13 Å². The molecule has 3 aromatic heterocycles. The third-order valence-electron chi connectivity index (χ3n) is 6.85. The van der Waals surface area contributed by atoms with E-state index in [2.05, 4.69) is 95.7 Å². The smallest absolute Gasteiger partial charge is 0.187 e. The molecule has 3 heterocycles. The fraction of sp³-hybridized carbons (Fsp3) is 0.207. The molecule has 0 spiro atoms. The summed E-state index contributed by atoms with van der Waals surface area (Å²) in [5, 5.41) is 18.7. The Morgan fingerprint density at radius 1 is 0.684 bits per heavy atom. The van der Waals surface area contributed by atoms with Gasteiger partial charge in [-0.2, -0.15) is 0 Å². The summed E-state index contributed by atoms with van der Waals surface area (Å²) in [4.78, 5) is 7.10. The second kappa shape index (κ2) is 9.83. The van der Waals surface area contributed by atoms with Crippen LogP contribution in [0.3, 0.4) is 0 Å². The molecule has 8 nitrogen and oxygen atoms in total. The molecule has 0 atom stereocenters. The lowest BCUT2D eigenvalue weighted by Crippen LogP contribution is -2.22. The molecule has 0 amide bonds. The molecule has 9 heteroatoms. The minimum absolute atomic E-state index is 0.543. The van der Waals surface area contributed by atoms with Crippen LogP contribution < -0.4 is 4.90 Å². The van der Waals surface area contributed by atoms with Gasteiger partial charge in [0.1, 0.15) is 11.4 Å². The summed E-state index contributed by atoms with van der Waals surface area (Å²) in [5.74, 6) is 0. The van der Waals surface area contributed by atoms with E-state index >= 15 is 0 Å². The van der Waals surface area contributed by atoms with Crippen LogP contribution >= 0.6 is 11.3 Å². The zero-order valence-corrected chi connectivity index (χ0v) is 22.6. The van der Waals surface area contributed by atoms with Gasteiger partial charge in [-0.3, -0.25) is 0 Å². The zero-order valence-electron chi connectivity index (χ0n) is 21.8. The maximum atomic E-state index is 4.91. The number of benzene rings is 3. The van der Waals surface area contributed by atoms with Gasteiger partial charge in [0.2, 0.25) is 0 Å². The molecule has 0 aliphatic carbocycles. The summed E-state index contributed by atoms with van der Waals surface area (Å²) in [5.41, 5.74) is 9.63. The first-order valence-electron chi connectivity index (χ1n) is 12.5. The zero-order chi connectivity index (χ0) is 26.2. The normalized spacial score (nSPS) is 11.4. The van der Waals surface area contributed by atoms with E-state index in [1.165, 1.54) is 22.3 Å². The largest absolute Gasteiger partial charge is 0.336 e. The van der Waals surface area contributed by atoms with Crippen LogP contribution in [0, 0.1) is 27.7 Å². The number of anilines is 1. The van der Waals surface area contributed by atoms with E-state index in [0.717, 1.165) is 38.1 Å². The highest BCUT2D eigenvalue weighted by Gasteiger charge is 2.18. The number of nitrogens with zero attached hydrogens (tertiary/aromatic N) is 8. The second-order valence-electron chi connectivity index (χ2n) is 9.67. The fourth-order valence-electron chi connectivity index (χ4n) is 4.31. The summed E-state index contributed by atoms with van der Waals surface area (Å²) < 4.78 is 4.80. The quantitative estimate of drug-likeness (QED) is 0.261. The van der Waals surface area contributed by atoms with Gasteiger partial charge in [-0.05, 0) is 86.3 Å². The van der Waals surface area contributed by atoms with Crippen molar-refractivity contribution in [2.75, 3.05) is 4.90 Å². The molecule has 3 aromatic carbocycles. The van der Waals surface area contributed by atoms with Crippen molar-refractivity contribution < 1.29 is 0 Å². The Kier molecular flexibility index (Phi) is 6.21. The molecule has 0 radical (unpaired) electrons. The van der Waals surface area contributed by atoms with E-state index in [1.54, 1.807) is 11.3 Å². The van der Waals surface area contributed by atoms with Crippen LogP contribution in [0.15, 0.2) is 73.1 Å². The Hall–Kier alpha value is -4.37. The van der Waals surface area contributed by atoms with Gasteiger partial charge < -0.3 is 4.90 Å². The average molecular weight is 521 g/mol. The molecule has 0 saturated carbocycles. The van der Waals surface area contributed by atoms with Crippen LogP contribution in [-0.2, 0) is 13.1 Å². The molecule has 0 aliphatic rings. The van der Waals surface area contributed by atoms with Gasteiger partial charge in [-0.1, -0.05) is 46.0 Å². The van der Waals surface area contributed by atoms with Crippen molar-refractivity contribution in [3.8, 4) is 11.4 Å². The number of hydrogen-bond donors (Lipinski definition) is 0. The molecule has 0 aliphatic heterocycles. The maximum absolute atomic E-state index is 4.91. The summed E-state index contributed by atoms with van der Waals surface area (Å²) >= 11 is 1.66. The van der Waals surface area contributed by atoms with Crippen LogP contribution in [0.1, 0.15) is 33.6 Å². The van der Waals surface area contributed by atoms with E-state index in [-0.39, 0.29) is 0 Å². The standard InChI is InChI=1S/C29H28N8S/c1-19-9-11-25(13-21(19)3)36-17-23(31-33-36)15-35(29-30-27-7-5-6-8-28(27)38-29)16-24-18-37(34-32-24)26-12-10-20(2)22(4)14-26/h5-14,17-18H,15-16H2,1-4H3. The highest BCUT2D eigenvalue weighted by atomic mass is 32.1. The number of para-hydroxylation sites is 1. The predicted molar refractivity (Wildman–Crippen MR) is 151 cm³/mol.